The summed E-state index contributed by atoms with van der Waals surface area (Å²) in [6, 6.07) is 13.0. The van der Waals surface area contributed by atoms with E-state index in [-0.39, 0.29) is 11.5 Å². The molecule has 124 valence electrons. The zero-order valence-corrected chi connectivity index (χ0v) is 13.5. The number of Topliss-reactive ketones (excluding diaryl/α,β-unsaturated/α-hetero) is 1. The predicted octanol–water partition coefficient (Wildman–Crippen LogP) is 5.10. The van der Waals surface area contributed by atoms with Crippen molar-refractivity contribution in [3.8, 4) is 5.75 Å². The average molecular weight is 350 g/mol. The Labute approximate surface area is 141 Å². The second kappa shape index (κ2) is 6.36. The Hall–Kier alpha value is -2.21. The van der Waals surface area contributed by atoms with Crippen molar-refractivity contribution in [2.75, 3.05) is 6.26 Å². The number of hydrogen-bond acceptors (Lipinski definition) is 3. The lowest BCUT2D eigenvalue weighted by atomic mass is 10.1. The Kier molecular flexibility index (Phi) is 4.41. The number of alkyl halides is 3. The molecule has 1 aliphatic carbocycles. The molecule has 0 unspecified atom stereocenters. The third-order valence-corrected chi connectivity index (χ3v) is 4.62. The van der Waals surface area contributed by atoms with Crippen molar-refractivity contribution in [2.45, 2.75) is 12.8 Å². The van der Waals surface area contributed by atoms with Gasteiger partial charge in [0, 0.05) is 22.5 Å². The molecular weight excluding hydrogens is 337 g/mol. The minimum atomic E-state index is -4.72. The Bertz CT molecular complexity index is 808. The topological polar surface area (TPSA) is 26.3 Å². The molecule has 0 saturated carbocycles. The molecule has 1 aliphatic rings. The van der Waals surface area contributed by atoms with E-state index in [1.54, 1.807) is 6.07 Å². The van der Waals surface area contributed by atoms with Crippen LogP contribution in [0.2, 0.25) is 0 Å². The molecule has 2 aromatic carbocycles. The van der Waals surface area contributed by atoms with Crippen LogP contribution in [0, 0.1) is 0 Å². The fourth-order valence-electron chi connectivity index (χ4n) is 2.74. The first-order valence-corrected chi connectivity index (χ1v) is 8.37. The summed E-state index contributed by atoms with van der Waals surface area (Å²) in [6.45, 7) is 0. The van der Waals surface area contributed by atoms with Gasteiger partial charge in [-0.15, -0.1) is 24.9 Å². The summed E-state index contributed by atoms with van der Waals surface area (Å²) in [4.78, 5) is 13.4. The normalized spacial score (nSPS) is 16.1. The molecule has 24 heavy (non-hydrogen) atoms. The molecule has 0 saturated heterocycles. The van der Waals surface area contributed by atoms with Crippen molar-refractivity contribution in [2.24, 2.45) is 0 Å². The van der Waals surface area contributed by atoms with E-state index in [4.69, 9.17) is 0 Å². The van der Waals surface area contributed by atoms with Gasteiger partial charge < -0.3 is 4.74 Å². The van der Waals surface area contributed by atoms with Crippen LogP contribution in [0.1, 0.15) is 21.5 Å². The van der Waals surface area contributed by atoms with E-state index in [1.165, 1.54) is 36.0 Å². The van der Waals surface area contributed by atoms with E-state index < -0.39 is 6.36 Å². The highest BCUT2D eigenvalue weighted by atomic mass is 32.2. The van der Waals surface area contributed by atoms with Gasteiger partial charge in [0.2, 0.25) is 0 Å². The number of ether oxygens (including phenoxy) is 1. The maximum Gasteiger partial charge on any atom is 0.573 e. The van der Waals surface area contributed by atoms with Gasteiger partial charge in [-0.25, -0.2) is 0 Å². The maximum atomic E-state index is 12.6. The van der Waals surface area contributed by atoms with Crippen molar-refractivity contribution >= 4 is 22.5 Å². The lowest BCUT2D eigenvalue weighted by molar-refractivity contribution is -0.274. The van der Waals surface area contributed by atoms with Crippen LogP contribution in [0.25, 0.3) is 4.91 Å². The van der Waals surface area contributed by atoms with Crippen LogP contribution in [-0.4, -0.2) is 18.4 Å². The second-order valence-electron chi connectivity index (χ2n) is 5.25. The zero-order valence-electron chi connectivity index (χ0n) is 12.7. The van der Waals surface area contributed by atoms with Gasteiger partial charge in [0.15, 0.2) is 5.78 Å². The zero-order chi connectivity index (χ0) is 17.3. The van der Waals surface area contributed by atoms with Crippen LogP contribution in [-0.2, 0) is 6.42 Å². The van der Waals surface area contributed by atoms with Gasteiger partial charge in [-0.3, -0.25) is 4.79 Å². The SMILES string of the molecule is CSC(=C1Cc2ccccc2C1=O)c1ccc(OC(F)(F)F)cc1. The number of rotatable bonds is 3. The molecule has 0 spiro atoms. The highest BCUT2D eigenvalue weighted by Gasteiger charge is 2.31. The largest absolute Gasteiger partial charge is 0.573 e. The molecule has 0 atom stereocenters. The molecule has 3 rings (SSSR count). The summed E-state index contributed by atoms with van der Waals surface area (Å²) in [5.74, 6) is -0.302. The summed E-state index contributed by atoms with van der Waals surface area (Å²) < 4.78 is 40.6. The molecule has 0 fully saturated rings. The Morgan fingerprint density at radius 1 is 1.08 bits per heavy atom. The van der Waals surface area contributed by atoms with Gasteiger partial charge in [0.25, 0.3) is 0 Å². The second-order valence-corrected chi connectivity index (χ2v) is 6.06. The quantitative estimate of drug-likeness (QED) is 0.721. The van der Waals surface area contributed by atoms with Crippen LogP contribution in [0.3, 0.4) is 0 Å². The van der Waals surface area contributed by atoms with E-state index in [9.17, 15) is 18.0 Å². The number of carbonyl (C=O) groups is 1. The lowest BCUT2D eigenvalue weighted by Gasteiger charge is -2.11. The van der Waals surface area contributed by atoms with E-state index in [2.05, 4.69) is 4.74 Å². The molecule has 0 aromatic heterocycles. The molecule has 2 nitrogen and oxygen atoms in total. The Morgan fingerprint density at radius 3 is 2.33 bits per heavy atom. The summed E-state index contributed by atoms with van der Waals surface area (Å²) in [6.07, 6.45) is -2.34. The van der Waals surface area contributed by atoms with Gasteiger partial charge >= 0.3 is 6.36 Å². The number of benzene rings is 2. The molecule has 0 N–H and O–H groups in total. The standard InChI is InChI=1S/C18H13F3O2S/c1-24-17(11-6-8-13(9-7-11)23-18(19,20)21)15-10-12-4-2-3-5-14(12)16(15)22/h2-9H,10H2,1H3. The fourth-order valence-corrected chi connectivity index (χ4v) is 3.52. The molecule has 6 heteroatoms. The van der Waals surface area contributed by atoms with Gasteiger partial charge in [-0.2, -0.15) is 0 Å². The first-order chi connectivity index (χ1) is 11.4. The first-order valence-electron chi connectivity index (χ1n) is 7.15. The summed E-state index contributed by atoms with van der Waals surface area (Å²) in [5, 5.41) is 0. The van der Waals surface area contributed by atoms with Crippen LogP contribution in [0.5, 0.6) is 5.75 Å². The molecule has 0 amide bonds. The van der Waals surface area contributed by atoms with Crippen molar-refractivity contribution in [3.05, 3.63) is 70.8 Å². The number of carbonyl (C=O) groups excluding carboxylic acids is 1. The number of thioether (sulfide) groups is 1. The summed E-state index contributed by atoms with van der Waals surface area (Å²) in [7, 11) is 0. The smallest absolute Gasteiger partial charge is 0.406 e. The Balaban J connectivity index is 1.94. The molecule has 0 radical (unpaired) electrons. The minimum absolute atomic E-state index is 0.0226. The first kappa shape index (κ1) is 16.6. The van der Waals surface area contributed by atoms with E-state index in [0.29, 0.717) is 23.1 Å². The predicted molar refractivity (Wildman–Crippen MR) is 88.0 cm³/mol. The van der Waals surface area contributed by atoms with E-state index in [0.717, 1.165) is 10.5 Å². The van der Waals surface area contributed by atoms with Gasteiger partial charge in [0.1, 0.15) is 5.75 Å². The number of ketones is 1. The van der Waals surface area contributed by atoms with Crippen molar-refractivity contribution in [1.29, 1.82) is 0 Å². The minimum Gasteiger partial charge on any atom is -0.406 e. The molecular formula is C18H13F3O2S. The monoisotopic (exact) mass is 350 g/mol. The van der Waals surface area contributed by atoms with Crippen LogP contribution < -0.4 is 4.74 Å². The lowest BCUT2D eigenvalue weighted by Crippen LogP contribution is -2.17. The van der Waals surface area contributed by atoms with Crippen LogP contribution in [0.15, 0.2) is 54.1 Å². The Morgan fingerprint density at radius 2 is 1.75 bits per heavy atom. The van der Waals surface area contributed by atoms with Crippen LogP contribution in [0.4, 0.5) is 13.2 Å². The maximum absolute atomic E-state index is 12.6. The van der Waals surface area contributed by atoms with Crippen molar-refractivity contribution in [1.82, 2.24) is 0 Å². The van der Waals surface area contributed by atoms with Crippen LogP contribution >= 0.6 is 11.8 Å². The fraction of sp³-hybridized carbons (Fsp3) is 0.167. The van der Waals surface area contributed by atoms with Crippen molar-refractivity contribution in [3.63, 3.8) is 0 Å². The highest BCUT2D eigenvalue weighted by Crippen LogP contribution is 2.37. The highest BCUT2D eigenvalue weighted by molar-refractivity contribution is 8.07. The molecule has 0 heterocycles. The number of allylic oxidation sites excluding steroid dienone is 1. The summed E-state index contributed by atoms with van der Waals surface area (Å²) in [5.41, 5.74) is 3.04. The number of halogens is 3. The van der Waals surface area contributed by atoms with Gasteiger partial charge in [-0.1, -0.05) is 36.4 Å². The molecule has 0 aliphatic heterocycles. The third-order valence-electron chi connectivity index (χ3n) is 3.73. The number of fused-ring (bicyclic) bond motifs is 1. The van der Waals surface area contributed by atoms with E-state index >= 15 is 0 Å². The number of hydrogen-bond donors (Lipinski definition) is 0. The third kappa shape index (κ3) is 3.33. The average Bonchev–Trinajstić information content (AvgIpc) is 2.86. The van der Waals surface area contributed by atoms with Crippen molar-refractivity contribution < 1.29 is 22.7 Å². The van der Waals surface area contributed by atoms with Gasteiger partial charge in [0.05, 0.1) is 0 Å². The van der Waals surface area contributed by atoms with E-state index in [1.807, 2.05) is 24.5 Å². The summed E-state index contributed by atoms with van der Waals surface area (Å²) >= 11 is 1.41. The molecule has 0 bridgehead atoms. The molecule has 2 aromatic rings. The van der Waals surface area contributed by atoms with Gasteiger partial charge in [-0.05, 0) is 29.5 Å².